The molecule has 0 aliphatic heterocycles. The van der Waals surface area contributed by atoms with Crippen LogP contribution in [0.25, 0.3) is 0 Å². The summed E-state index contributed by atoms with van der Waals surface area (Å²) in [4.78, 5) is 0. The molecule has 0 aromatic carbocycles. The van der Waals surface area contributed by atoms with Crippen LogP contribution >= 0.6 is 0 Å². The van der Waals surface area contributed by atoms with Crippen molar-refractivity contribution < 1.29 is 5.11 Å². The van der Waals surface area contributed by atoms with Gasteiger partial charge in [-0.25, -0.2) is 0 Å². The molecular formula is C11H23NO. The van der Waals surface area contributed by atoms with Crippen LogP contribution < -0.4 is 5.32 Å². The first-order valence-corrected chi connectivity index (χ1v) is 5.04. The highest BCUT2D eigenvalue weighted by Crippen LogP contribution is 2.02. The van der Waals surface area contributed by atoms with Crippen molar-refractivity contribution in [1.29, 1.82) is 0 Å². The summed E-state index contributed by atoms with van der Waals surface area (Å²) in [6.07, 6.45) is 2.80. The third kappa shape index (κ3) is 9.57. The summed E-state index contributed by atoms with van der Waals surface area (Å²) in [6.45, 7) is 9.95. The van der Waals surface area contributed by atoms with Crippen LogP contribution in [0.15, 0.2) is 11.6 Å². The Bertz CT molecular complexity index is 148. The maximum atomic E-state index is 9.50. The molecule has 2 N–H and O–H groups in total. The molecule has 2 nitrogen and oxygen atoms in total. The second kappa shape index (κ2) is 7.10. The molecule has 0 aliphatic rings. The predicted molar refractivity (Wildman–Crippen MR) is 57.8 cm³/mol. The van der Waals surface area contributed by atoms with E-state index in [1.807, 2.05) is 0 Å². The minimum atomic E-state index is -0.203. The Kier molecular flexibility index (Phi) is 6.92. The maximum Gasteiger partial charge on any atom is 0.0667 e. The van der Waals surface area contributed by atoms with Gasteiger partial charge in [0, 0.05) is 13.1 Å². The van der Waals surface area contributed by atoms with E-state index >= 15 is 0 Å². The molecule has 0 heterocycles. The van der Waals surface area contributed by atoms with Gasteiger partial charge in [-0.3, -0.25) is 0 Å². The molecule has 0 saturated heterocycles. The summed E-state index contributed by atoms with van der Waals surface area (Å²) in [7, 11) is 0. The van der Waals surface area contributed by atoms with E-state index in [1.54, 1.807) is 0 Å². The molecule has 0 saturated carbocycles. The number of aliphatic hydroxyl groups is 1. The highest BCUT2D eigenvalue weighted by atomic mass is 16.3. The van der Waals surface area contributed by atoms with E-state index in [9.17, 15) is 5.11 Å². The summed E-state index contributed by atoms with van der Waals surface area (Å²) in [5.74, 6) is 0.570. The number of hydrogen-bond donors (Lipinski definition) is 2. The van der Waals surface area contributed by atoms with Gasteiger partial charge in [0.05, 0.1) is 6.10 Å². The lowest BCUT2D eigenvalue weighted by Gasteiger charge is -2.12. The zero-order chi connectivity index (χ0) is 10.3. The van der Waals surface area contributed by atoms with Crippen molar-refractivity contribution in [3.05, 3.63) is 11.6 Å². The predicted octanol–water partition coefficient (Wildman–Crippen LogP) is 1.95. The Balaban J connectivity index is 3.37. The number of aliphatic hydroxyl groups excluding tert-OH is 1. The number of hydrogen-bond acceptors (Lipinski definition) is 2. The van der Waals surface area contributed by atoms with Crippen molar-refractivity contribution in [2.75, 3.05) is 13.1 Å². The average molecular weight is 185 g/mol. The quantitative estimate of drug-likeness (QED) is 0.489. The van der Waals surface area contributed by atoms with Crippen molar-refractivity contribution in [3.8, 4) is 0 Å². The van der Waals surface area contributed by atoms with Gasteiger partial charge in [0.2, 0.25) is 0 Å². The fourth-order valence-corrected chi connectivity index (χ4v) is 1.15. The van der Waals surface area contributed by atoms with Crippen LogP contribution in [0.2, 0.25) is 0 Å². The zero-order valence-electron chi connectivity index (χ0n) is 9.30. The molecule has 13 heavy (non-hydrogen) atoms. The lowest BCUT2D eigenvalue weighted by molar-refractivity contribution is 0.148. The molecule has 78 valence electrons. The van der Waals surface area contributed by atoms with Crippen molar-refractivity contribution in [3.63, 3.8) is 0 Å². The van der Waals surface area contributed by atoms with Gasteiger partial charge in [0.15, 0.2) is 0 Å². The van der Waals surface area contributed by atoms with Gasteiger partial charge in [-0.05, 0) is 26.2 Å². The normalized spacial score (nSPS) is 13.1. The van der Waals surface area contributed by atoms with Gasteiger partial charge in [-0.15, -0.1) is 0 Å². The number of allylic oxidation sites excluding steroid dienone is 1. The van der Waals surface area contributed by atoms with Gasteiger partial charge in [0.1, 0.15) is 0 Å². The van der Waals surface area contributed by atoms with E-state index in [0.29, 0.717) is 12.5 Å². The molecule has 0 bridgehead atoms. The summed E-state index contributed by atoms with van der Waals surface area (Å²) in [5, 5.41) is 12.7. The Morgan fingerprint density at radius 3 is 2.46 bits per heavy atom. The van der Waals surface area contributed by atoms with Crippen LogP contribution in [0, 0.1) is 5.92 Å². The Morgan fingerprint density at radius 2 is 2.00 bits per heavy atom. The van der Waals surface area contributed by atoms with Crippen molar-refractivity contribution in [2.45, 2.75) is 40.2 Å². The fourth-order valence-electron chi connectivity index (χ4n) is 1.15. The van der Waals surface area contributed by atoms with Crippen molar-refractivity contribution in [1.82, 2.24) is 5.32 Å². The van der Waals surface area contributed by atoms with Crippen molar-refractivity contribution >= 4 is 0 Å². The summed E-state index contributed by atoms with van der Waals surface area (Å²) in [6, 6.07) is 0. The second-order valence-electron chi connectivity index (χ2n) is 4.22. The lowest BCUT2D eigenvalue weighted by Crippen LogP contribution is -2.27. The van der Waals surface area contributed by atoms with E-state index in [0.717, 1.165) is 13.0 Å². The first-order valence-electron chi connectivity index (χ1n) is 5.04. The number of rotatable bonds is 6. The topological polar surface area (TPSA) is 32.3 Å². The summed E-state index contributed by atoms with van der Waals surface area (Å²) in [5.41, 5.74) is 1.31. The first kappa shape index (κ1) is 12.7. The lowest BCUT2D eigenvalue weighted by atomic mass is 10.1. The standard InChI is InChI=1S/C11H23NO/c1-9(2)5-6-12-8-11(13)7-10(3)4/h5,10-13H,6-8H2,1-4H3. The summed E-state index contributed by atoms with van der Waals surface area (Å²) < 4.78 is 0. The molecule has 0 amide bonds. The van der Waals surface area contributed by atoms with Gasteiger partial charge in [-0.2, -0.15) is 0 Å². The minimum absolute atomic E-state index is 0.203. The Hall–Kier alpha value is -0.340. The highest BCUT2D eigenvalue weighted by molar-refractivity contribution is 4.94. The molecule has 1 unspecified atom stereocenters. The molecule has 0 rings (SSSR count). The van der Waals surface area contributed by atoms with E-state index in [2.05, 4.69) is 39.1 Å². The van der Waals surface area contributed by atoms with E-state index in [-0.39, 0.29) is 6.10 Å². The molecule has 0 radical (unpaired) electrons. The van der Waals surface area contributed by atoms with Gasteiger partial charge < -0.3 is 10.4 Å². The highest BCUT2D eigenvalue weighted by Gasteiger charge is 2.04. The van der Waals surface area contributed by atoms with Gasteiger partial charge in [0.25, 0.3) is 0 Å². The van der Waals surface area contributed by atoms with E-state index in [4.69, 9.17) is 0 Å². The van der Waals surface area contributed by atoms with Crippen LogP contribution in [-0.4, -0.2) is 24.3 Å². The zero-order valence-corrected chi connectivity index (χ0v) is 9.30. The van der Waals surface area contributed by atoms with Gasteiger partial charge >= 0.3 is 0 Å². The van der Waals surface area contributed by atoms with Crippen LogP contribution in [0.3, 0.4) is 0 Å². The van der Waals surface area contributed by atoms with Crippen molar-refractivity contribution in [2.24, 2.45) is 5.92 Å². The Labute approximate surface area is 82.0 Å². The molecule has 0 fully saturated rings. The third-order valence-corrected chi connectivity index (χ3v) is 1.78. The van der Waals surface area contributed by atoms with Crippen LogP contribution in [-0.2, 0) is 0 Å². The molecule has 1 atom stereocenters. The first-order chi connectivity index (χ1) is 6.02. The number of nitrogens with one attached hydrogen (secondary N) is 1. The largest absolute Gasteiger partial charge is 0.392 e. The van der Waals surface area contributed by atoms with Gasteiger partial charge in [-0.1, -0.05) is 25.5 Å². The maximum absolute atomic E-state index is 9.50. The third-order valence-electron chi connectivity index (χ3n) is 1.78. The monoisotopic (exact) mass is 185 g/mol. The van der Waals surface area contributed by atoms with E-state index < -0.39 is 0 Å². The fraction of sp³-hybridized carbons (Fsp3) is 0.818. The summed E-state index contributed by atoms with van der Waals surface area (Å²) >= 11 is 0. The molecule has 0 aromatic heterocycles. The SMILES string of the molecule is CC(C)=CCNCC(O)CC(C)C. The molecule has 0 aromatic rings. The molecule has 0 spiro atoms. The molecule has 0 aliphatic carbocycles. The van der Waals surface area contributed by atoms with Crippen LogP contribution in [0.5, 0.6) is 0 Å². The van der Waals surface area contributed by atoms with Crippen LogP contribution in [0.4, 0.5) is 0 Å². The average Bonchev–Trinajstić information content (AvgIpc) is 1.96. The second-order valence-corrected chi connectivity index (χ2v) is 4.22. The van der Waals surface area contributed by atoms with Crippen LogP contribution in [0.1, 0.15) is 34.1 Å². The smallest absolute Gasteiger partial charge is 0.0667 e. The van der Waals surface area contributed by atoms with E-state index in [1.165, 1.54) is 5.57 Å². The molecule has 2 heteroatoms. The minimum Gasteiger partial charge on any atom is -0.392 e. The molecular weight excluding hydrogens is 162 g/mol. The Morgan fingerprint density at radius 1 is 1.38 bits per heavy atom.